The van der Waals surface area contributed by atoms with E-state index in [2.05, 4.69) is 10.2 Å². The van der Waals surface area contributed by atoms with Crippen molar-refractivity contribution in [3.8, 4) is 5.82 Å². The molecule has 0 atom stereocenters. The highest BCUT2D eigenvalue weighted by Crippen LogP contribution is 2.07. The van der Waals surface area contributed by atoms with Crippen LogP contribution in [0.1, 0.15) is 0 Å². The average molecular weight is 223 g/mol. The van der Waals surface area contributed by atoms with Crippen molar-refractivity contribution < 1.29 is 8.42 Å². The second-order valence-electron chi connectivity index (χ2n) is 3.09. The molecule has 2 heterocycles. The molecule has 5 nitrogen and oxygen atoms in total. The second kappa shape index (κ2) is 3.47. The Morgan fingerprint density at radius 3 is 2.27 bits per heavy atom. The van der Waals surface area contributed by atoms with Gasteiger partial charge >= 0.3 is 0 Å². The van der Waals surface area contributed by atoms with E-state index in [0.29, 0.717) is 5.82 Å². The standard InChI is InChI=1S/C9H9N3O2S/c1-15(13,14)9-5-4-8(10-11-9)12-6-2-3-7-12/h2-7H,1H3. The van der Waals surface area contributed by atoms with Gasteiger partial charge in [0, 0.05) is 18.6 Å². The minimum Gasteiger partial charge on any atom is -0.307 e. The third kappa shape index (κ3) is 2.04. The molecular weight excluding hydrogens is 214 g/mol. The van der Waals surface area contributed by atoms with E-state index < -0.39 is 9.84 Å². The van der Waals surface area contributed by atoms with E-state index in [-0.39, 0.29) is 5.03 Å². The monoisotopic (exact) mass is 223 g/mol. The van der Waals surface area contributed by atoms with Crippen LogP contribution < -0.4 is 0 Å². The van der Waals surface area contributed by atoms with Gasteiger partial charge in [0.05, 0.1) is 0 Å². The summed E-state index contributed by atoms with van der Waals surface area (Å²) in [6, 6.07) is 6.76. The first-order chi connectivity index (χ1) is 7.07. The van der Waals surface area contributed by atoms with Gasteiger partial charge in [0.25, 0.3) is 0 Å². The third-order valence-electron chi connectivity index (χ3n) is 1.87. The lowest BCUT2D eigenvalue weighted by atomic mass is 10.5. The molecule has 0 fully saturated rings. The van der Waals surface area contributed by atoms with Crippen LogP contribution in [-0.2, 0) is 9.84 Å². The molecule has 0 unspecified atom stereocenters. The van der Waals surface area contributed by atoms with Crippen molar-refractivity contribution in [1.82, 2.24) is 14.8 Å². The number of hydrogen-bond acceptors (Lipinski definition) is 4. The van der Waals surface area contributed by atoms with E-state index in [1.54, 1.807) is 10.6 Å². The Bertz CT molecular complexity index is 544. The summed E-state index contributed by atoms with van der Waals surface area (Å²) in [5, 5.41) is 7.45. The first-order valence-corrected chi connectivity index (χ1v) is 6.14. The van der Waals surface area contributed by atoms with Crippen molar-refractivity contribution in [2.45, 2.75) is 5.03 Å². The summed E-state index contributed by atoms with van der Waals surface area (Å²) in [5.74, 6) is 0.590. The predicted molar refractivity (Wildman–Crippen MR) is 54.5 cm³/mol. The summed E-state index contributed by atoms with van der Waals surface area (Å²) < 4.78 is 24.0. The summed E-state index contributed by atoms with van der Waals surface area (Å²) in [7, 11) is -3.27. The summed E-state index contributed by atoms with van der Waals surface area (Å²) in [5.41, 5.74) is 0. The van der Waals surface area contributed by atoms with E-state index in [0.717, 1.165) is 6.26 Å². The molecule has 0 N–H and O–H groups in total. The molecule has 0 aliphatic rings. The SMILES string of the molecule is CS(=O)(=O)c1ccc(-n2cccc2)nn1. The molecule has 0 spiro atoms. The van der Waals surface area contributed by atoms with Crippen LogP contribution in [0.3, 0.4) is 0 Å². The molecule has 2 aromatic heterocycles. The molecule has 2 rings (SSSR count). The normalized spacial score (nSPS) is 11.5. The Kier molecular flexibility index (Phi) is 2.28. The Labute approximate surface area is 87.3 Å². The van der Waals surface area contributed by atoms with Crippen molar-refractivity contribution >= 4 is 9.84 Å². The second-order valence-corrected chi connectivity index (χ2v) is 5.05. The van der Waals surface area contributed by atoms with Gasteiger partial charge in [0.1, 0.15) is 0 Å². The van der Waals surface area contributed by atoms with Gasteiger partial charge in [0.2, 0.25) is 0 Å². The van der Waals surface area contributed by atoms with E-state index in [1.807, 2.05) is 24.5 Å². The van der Waals surface area contributed by atoms with Gasteiger partial charge in [0.15, 0.2) is 20.7 Å². The van der Waals surface area contributed by atoms with E-state index in [1.165, 1.54) is 6.07 Å². The van der Waals surface area contributed by atoms with Gasteiger partial charge in [-0.2, -0.15) is 0 Å². The largest absolute Gasteiger partial charge is 0.307 e. The fraction of sp³-hybridized carbons (Fsp3) is 0.111. The molecule has 0 saturated heterocycles. The van der Waals surface area contributed by atoms with E-state index in [9.17, 15) is 8.42 Å². The molecule has 15 heavy (non-hydrogen) atoms. The van der Waals surface area contributed by atoms with Crippen LogP contribution in [0.15, 0.2) is 41.7 Å². The number of rotatable bonds is 2. The first kappa shape index (κ1) is 9.85. The maximum Gasteiger partial charge on any atom is 0.194 e. The van der Waals surface area contributed by atoms with Gasteiger partial charge in [-0.3, -0.25) is 0 Å². The Morgan fingerprint density at radius 2 is 1.80 bits per heavy atom. The summed E-state index contributed by atoms with van der Waals surface area (Å²) >= 11 is 0. The molecule has 0 radical (unpaired) electrons. The third-order valence-corrected chi connectivity index (χ3v) is 2.85. The van der Waals surface area contributed by atoms with Crippen LogP contribution in [0.2, 0.25) is 0 Å². The number of hydrogen-bond donors (Lipinski definition) is 0. The van der Waals surface area contributed by atoms with Gasteiger partial charge in [-0.05, 0) is 24.3 Å². The molecular formula is C9H9N3O2S. The van der Waals surface area contributed by atoms with Gasteiger partial charge < -0.3 is 4.57 Å². The van der Waals surface area contributed by atoms with E-state index >= 15 is 0 Å². The highest BCUT2D eigenvalue weighted by Gasteiger charge is 2.09. The first-order valence-electron chi connectivity index (χ1n) is 4.24. The zero-order valence-corrected chi connectivity index (χ0v) is 8.85. The smallest absolute Gasteiger partial charge is 0.194 e. The number of sulfone groups is 1. The summed E-state index contributed by atoms with van der Waals surface area (Å²) in [4.78, 5) is 0. The minimum atomic E-state index is -3.27. The number of nitrogens with zero attached hydrogens (tertiary/aromatic N) is 3. The van der Waals surface area contributed by atoms with Crippen molar-refractivity contribution in [2.75, 3.05) is 6.26 Å². The zero-order chi connectivity index (χ0) is 10.9. The molecule has 78 valence electrons. The minimum absolute atomic E-state index is 0.0154. The van der Waals surface area contributed by atoms with Gasteiger partial charge in [-0.15, -0.1) is 10.2 Å². The van der Waals surface area contributed by atoms with E-state index in [4.69, 9.17) is 0 Å². The highest BCUT2D eigenvalue weighted by molar-refractivity contribution is 7.90. The maximum absolute atomic E-state index is 11.1. The van der Waals surface area contributed by atoms with Crippen LogP contribution in [0.4, 0.5) is 0 Å². The fourth-order valence-electron chi connectivity index (χ4n) is 1.14. The maximum atomic E-state index is 11.1. The Balaban J connectivity index is 2.42. The lowest BCUT2D eigenvalue weighted by Crippen LogP contribution is -2.04. The van der Waals surface area contributed by atoms with Crippen molar-refractivity contribution in [1.29, 1.82) is 0 Å². The topological polar surface area (TPSA) is 64.8 Å². The van der Waals surface area contributed by atoms with Crippen LogP contribution in [-0.4, -0.2) is 29.4 Å². The van der Waals surface area contributed by atoms with Crippen molar-refractivity contribution in [2.24, 2.45) is 0 Å². The predicted octanol–water partition coefficient (Wildman–Crippen LogP) is 0.671. The molecule has 0 aliphatic carbocycles. The average Bonchev–Trinajstić information content (AvgIpc) is 2.69. The zero-order valence-electron chi connectivity index (χ0n) is 8.03. The summed E-state index contributed by atoms with van der Waals surface area (Å²) in [6.07, 6.45) is 4.72. The molecule has 0 aliphatic heterocycles. The quantitative estimate of drug-likeness (QED) is 0.750. The van der Waals surface area contributed by atoms with Crippen molar-refractivity contribution in [3.05, 3.63) is 36.7 Å². The molecule has 0 bridgehead atoms. The van der Waals surface area contributed by atoms with Crippen LogP contribution in [0.25, 0.3) is 5.82 Å². The number of aromatic nitrogens is 3. The Morgan fingerprint density at radius 1 is 1.13 bits per heavy atom. The lowest BCUT2D eigenvalue weighted by molar-refractivity contribution is 0.595. The van der Waals surface area contributed by atoms with Crippen molar-refractivity contribution in [3.63, 3.8) is 0 Å². The van der Waals surface area contributed by atoms with Crippen LogP contribution in [0.5, 0.6) is 0 Å². The highest BCUT2D eigenvalue weighted by atomic mass is 32.2. The Hall–Kier alpha value is -1.69. The fourth-order valence-corrected chi connectivity index (χ4v) is 1.64. The molecule has 0 saturated carbocycles. The van der Waals surface area contributed by atoms with Crippen LogP contribution >= 0.6 is 0 Å². The molecule has 6 heteroatoms. The molecule has 0 aromatic carbocycles. The van der Waals surface area contributed by atoms with Gasteiger partial charge in [-0.1, -0.05) is 0 Å². The van der Waals surface area contributed by atoms with Gasteiger partial charge in [-0.25, -0.2) is 8.42 Å². The summed E-state index contributed by atoms with van der Waals surface area (Å²) in [6.45, 7) is 0. The molecule has 0 amide bonds. The molecule has 2 aromatic rings. The van der Waals surface area contributed by atoms with Crippen LogP contribution in [0, 0.1) is 0 Å². The lowest BCUT2D eigenvalue weighted by Gasteiger charge is -2.01.